The first kappa shape index (κ1) is 21.6. The quantitative estimate of drug-likeness (QED) is 0.637. The maximum Gasteiger partial charge on any atom is 0.244 e. The van der Waals surface area contributed by atoms with Crippen LogP contribution in [0.2, 0.25) is 5.02 Å². The van der Waals surface area contributed by atoms with Crippen molar-refractivity contribution in [3.8, 4) is 5.75 Å². The summed E-state index contributed by atoms with van der Waals surface area (Å²) in [5.41, 5.74) is 2.36. The van der Waals surface area contributed by atoms with Crippen LogP contribution in [0.4, 0.5) is 0 Å². The van der Waals surface area contributed by atoms with E-state index < -0.39 is 17.1 Å². The molecule has 180 valence electrons. The Bertz CT molecular complexity index is 1250. The van der Waals surface area contributed by atoms with Crippen LogP contribution in [0.15, 0.2) is 48.5 Å². The van der Waals surface area contributed by atoms with Gasteiger partial charge in [-0.05, 0) is 80.0 Å². The predicted octanol–water partition coefficient (Wildman–Crippen LogP) is 4.31. The topological polar surface area (TPSA) is 58.6 Å². The minimum absolute atomic E-state index is 0.112. The number of rotatable bonds is 5. The van der Waals surface area contributed by atoms with E-state index in [2.05, 4.69) is 16.3 Å². The molecule has 1 amide bonds. The molecule has 6 heteroatoms. The first-order valence-corrected chi connectivity index (χ1v) is 13.2. The molecule has 2 bridgehead atoms. The van der Waals surface area contributed by atoms with Gasteiger partial charge in [-0.1, -0.05) is 35.9 Å². The summed E-state index contributed by atoms with van der Waals surface area (Å²) in [5, 5.41) is 4.20. The summed E-state index contributed by atoms with van der Waals surface area (Å²) < 4.78 is 6.42. The molecule has 1 spiro atoms. The van der Waals surface area contributed by atoms with Gasteiger partial charge in [0.05, 0.1) is 11.0 Å². The van der Waals surface area contributed by atoms with Crippen LogP contribution in [-0.4, -0.2) is 47.4 Å². The molecular weight excluding hydrogens is 460 g/mol. The molecule has 2 aliphatic heterocycles. The summed E-state index contributed by atoms with van der Waals surface area (Å²) in [5.74, 6) is 1.66. The van der Waals surface area contributed by atoms with Crippen molar-refractivity contribution in [2.24, 2.45) is 5.92 Å². The summed E-state index contributed by atoms with van der Waals surface area (Å²) in [6.07, 6.45) is 8.33. The number of benzene rings is 2. The second-order valence-corrected chi connectivity index (χ2v) is 11.4. The summed E-state index contributed by atoms with van der Waals surface area (Å²) in [7, 11) is 0. The van der Waals surface area contributed by atoms with Crippen LogP contribution in [0.3, 0.4) is 0 Å². The van der Waals surface area contributed by atoms with E-state index in [1.165, 1.54) is 24.0 Å². The molecule has 4 atom stereocenters. The number of nitrogens with one attached hydrogen (secondary N) is 1. The zero-order chi connectivity index (χ0) is 23.8. The van der Waals surface area contributed by atoms with Gasteiger partial charge in [0.2, 0.25) is 5.91 Å². The molecule has 2 aromatic carbocycles. The van der Waals surface area contributed by atoms with Gasteiger partial charge < -0.3 is 10.1 Å². The third-order valence-corrected chi connectivity index (χ3v) is 9.41. The van der Waals surface area contributed by atoms with Crippen molar-refractivity contribution in [2.45, 2.75) is 61.6 Å². The number of ether oxygens (including phenoxy) is 1. The van der Waals surface area contributed by atoms with Crippen LogP contribution in [-0.2, 0) is 21.4 Å². The lowest BCUT2D eigenvalue weighted by Crippen LogP contribution is -2.81. The Morgan fingerprint density at radius 2 is 2.00 bits per heavy atom. The molecule has 5 aliphatic rings. The van der Waals surface area contributed by atoms with Crippen LogP contribution in [0.25, 0.3) is 6.08 Å². The number of halogens is 1. The summed E-state index contributed by atoms with van der Waals surface area (Å²) in [6.45, 7) is 2.02. The second-order valence-electron chi connectivity index (χ2n) is 11.0. The fourth-order valence-electron chi connectivity index (χ4n) is 7.54. The van der Waals surface area contributed by atoms with Crippen molar-refractivity contribution in [2.75, 3.05) is 13.1 Å². The lowest BCUT2D eigenvalue weighted by molar-refractivity contribution is -0.148. The lowest BCUT2D eigenvalue weighted by atomic mass is 9.47. The van der Waals surface area contributed by atoms with Gasteiger partial charge in [0.25, 0.3) is 0 Å². The third-order valence-electron chi connectivity index (χ3n) is 9.15. The number of nitrogens with zero attached hydrogens (tertiary/aromatic N) is 1. The highest BCUT2D eigenvalue weighted by atomic mass is 35.5. The summed E-state index contributed by atoms with van der Waals surface area (Å²) >= 11 is 6.01. The smallest absolute Gasteiger partial charge is 0.244 e. The minimum atomic E-state index is -0.528. The van der Waals surface area contributed by atoms with Crippen molar-refractivity contribution in [3.05, 3.63) is 70.3 Å². The Morgan fingerprint density at radius 1 is 1.17 bits per heavy atom. The maximum atomic E-state index is 13.5. The van der Waals surface area contributed by atoms with Crippen LogP contribution < -0.4 is 10.1 Å². The molecule has 7 rings (SSSR count). The molecule has 5 nitrogen and oxygen atoms in total. The van der Waals surface area contributed by atoms with Crippen molar-refractivity contribution in [1.29, 1.82) is 0 Å². The molecule has 35 heavy (non-hydrogen) atoms. The Morgan fingerprint density at radius 3 is 2.80 bits per heavy atom. The predicted molar refractivity (Wildman–Crippen MR) is 135 cm³/mol. The molecule has 0 radical (unpaired) electrons. The Hall–Kier alpha value is -2.63. The van der Waals surface area contributed by atoms with E-state index >= 15 is 0 Å². The van der Waals surface area contributed by atoms with Gasteiger partial charge in [0.1, 0.15) is 5.75 Å². The highest BCUT2D eigenvalue weighted by Crippen LogP contribution is 2.63. The highest BCUT2D eigenvalue weighted by molar-refractivity contribution is 6.30. The van der Waals surface area contributed by atoms with Gasteiger partial charge in [-0.15, -0.1) is 0 Å². The zero-order valence-electron chi connectivity index (χ0n) is 19.6. The van der Waals surface area contributed by atoms with Gasteiger partial charge in [-0.25, -0.2) is 0 Å². The number of Topliss-reactive ketones (excluding diaryl/α,β-unsaturated/α-hetero) is 1. The average molecular weight is 489 g/mol. The van der Waals surface area contributed by atoms with E-state index in [-0.39, 0.29) is 17.7 Å². The Balaban J connectivity index is 1.31. The number of hydrogen-bond acceptors (Lipinski definition) is 4. The van der Waals surface area contributed by atoms with Crippen LogP contribution in [0.1, 0.15) is 48.8 Å². The highest BCUT2D eigenvalue weighted by Gasteiger charge is 2.73. The number of ketones is 1. The van der Waals surface area contributed by atoms with Crippen LogP contribution >= 0.6 is 11.6 Å². The van der Waals surface area contributed by atoms with Gasteiger partial charge >= 0.3 is 0 Å². The van der Waals surface area contributed by atoms with E-state index in [0.717, 1.165) is 43.2 Å². The number of piperidine rings is 1. The first-order chi connectivity index (χ1) is 17.0. The van der Waals surface area contributed by atoms with E-state index in [0.29, 0.717) is 17.9 Å². The van der Waals surface area contributed by atoms with Gasteiger partial charge in [0.15, 0.2) is 11.9 Å². The molecule has 2 heterocycles. The SMILES string of the molecule is O=C(/C=C\c1ccc(Cl)cc1)N[C@@]12CCC(=O)[C@@H]3Oc4cccc5c4[C@@]31CCN(CC1CC1)[C@@H]2C5. The normalized spacial score (nSPS) is 32.9. The van der Waals surface area contributed by atoms with Crippen molar-refractivity contribution >= 4 is 29.4 Å². The van der Waals surface area contributed by atoms with Crippen LogP contribution in [0, 0.1) is 5.92 Å². The lowest BCUT2D eigenvalue weighted by Gasteiger charge is -2.65. The van der Waals surface area contributed by atoms with Crippen molar-refractivity contribution in [1.82, 2.24) is 10.2 Å². The van der Waals surface area contributed by atoms with Gasteiger partial charge in [0, 0.05) is 35.7 Å². The second kappa shape index (κ2) is 7.68. The molecule has 2 saturated carbocycles. The van der Waals surface area contributed by atoms with Gasteiger partial charge in [-0.3, -0.25) is 14.5 Å². The molecule has 0 aromatic heterocycles. The number of carbonyl (C=O) groups excluding carboxylic acids is 2. The Kier molecular flexibility index (Phi) is 4.75. The molecule has 3 fully saturated rings. The third kappa shape index (κ3) is 3.10. The minimum Gasteiger partial charge on any atom is -0.481 e. The molecule has 1 saturated heterocycles. The standard InChI is InChI=1S/C29H29ClN2O3/c30-21-9-6-18(7-10-21)8-11-25(34)31-29-13-12-22(33)27-28(29)14-15-32(17-19-4-5-19)24(29)16-20-2-1-3-23(35-27)26(20)28/h1-3,6-11,19,24,27H,4-5,12-17H2,(H,31,34)/b11-8-/t24-,27+,28+,29-/m1/s1. The van der Waals surface area contributed by atoms with Crippen LogP contribution in [0.5, 0.6) is 5.75 Å². The van der Waals surface area contributed by atoms with E-state index in [1.807, 2.05) is 42.5 Å². The number of amides is 1. The molecular formula is C29H29ClN2O3. The first-order valence-electron chi connectivity index (χ1n) is 12.8. The summed E-state index contributed by atoms with van der Waals surface area (Å²) in [6, 6.07) is 13.9. The molecule has 3 aliphatic carbocycles. The largest absolute Gasteiger partial charge is 0.481 e. The number of hydrogen-bond donors (Lipinski definition) is 1. The molecule has 1 N–H and O–H groups in total. The maximum absolute atomic E-state index is 13.5. The van der Waals surface area contributed by atoms with Crippen molar-refractivity contribution < 1.29 is 14.3 Å². The Labute approximate surface area is 210 Å². The van der Waals surface area contributed by atoms with Crippen molar-refractivity contribution in [3.63, 3.8) is 0 Å². The molecule has 2 aromatic rings. The number of carbonyl (C=O) groups is 2. The summed E-state index contributed by atoms with van der Waals surface area (Å²) in [4.78, 5) is 29.4. The van der Waals surface area contributed by atoms with Gasteiger partial charge in [-0.2, -0.15) is 0 Å². The van der Waals surface area contributed by atoms with E-state index in [1.54, 1.807) is 6.08 Å². The van der Waals surface area contributed by atoms with E-state index in [9.17, 15) is 9.59 Å². The number of likely N-dealkylation sites (tertiary alicyclic amines) is 1. The molecule has 0 unspecified atom stereocenters. The van der Waals surface area contributed by atoms with E-state index in [4.69, 9.17) is 16.3 Å². The fraction of sp³-hybridized carbons (Fsp3) is 0.448. The fourth-order valence-corrected chi connectivity index (χ4v) is 7.67. The average Bonchev–Trinajstić information content (AvgIpc) is 3.60. The zero-order valence-corrected chi connectivity index (χ0v) is 20.4. The monoisotopic (exact) mass is 488 g/mol.